The molecule has 1 N–H and O–H groups in total. The van der Waals surface area contributed by atoms with E-state index in [4.69, 9.17) is 16.3 Å². The van der Waals surface area contributed by atoms with Crippen LogP contribution in [-0.4, -0.2) is 18.6 Å². The summed E-state index contributed by atoms with van der Waals surface area (Å²) in [7, 11) is 0. The number of amides is 1. The Hall–Kier alpha value is -0.740. The Labute approximate surface area is 120 Å². The maximum absolute atomic E-state index is 11.7. The fourth-order valence-electron chi connectivity index (χ4n) is 1.75. The van der Waals surface area contributed by atoms with E-state index in [1.165, 1.54) is 12.8 Å². The largest absolute Gasteiger partial charge is 0.483 e. The minimum absolute atomic E-state index is 0.0251. The minimum Gasteiger partial charge on any atom is -0.483 e. The van der Waals surface area contributed by atoms with E-state index in [0.29, 0.717) is 16.7 Å². The molecule has 1 atom stereocenters. The van der Waals surface area contributed by atoms with Crippen molar-refractivity contribution in [2.45, 2.75) is 25.8 Å². The van der Waals surface area contributed by atoms with Gasteiger partial charge in [-0.3, -0.25) is 4.79 Å². The molecule has 0 unspecified atom stereocenters. The molecule has 18 heavy (non-hydrogen) atoms. The lowest BCUT2D eigenvalue weighted by molar-refractivity contribution is -0.123. The molecule has 0 bridgehead atoms. The van der Waals surface area contributed by atoms with Gasteiger partial charge in [-0.2, -0.15) is 0 Å². The number of ether oxygens (including phenoxy) is 1. The van der Waals surface area contributed by atoms with Crippen molar-refractivity contribution in [3.8, 4) is 5.75 Å². The van der Waals surface area contributed by atoms with E-state index in [0.717, 1.165) is 4.47 Å². The summed E-state index contributed by atoms with van der Waals surface area (Å²) < 4.78 is 6.19. The lowest BCUT2D eigenvalue weighted by Crippen LogP contribution is -2.37. The second-order valence-electron chi connectivity index (χ2n) is 4.56. The van der Waals surface area contributed by atoms with Crippen LogP contribution in [-0.2, 0) is 4.79 Å². The second kappa shape index (κ2) is 5.93. The van der Waals surface area contributed by atoms with Gasteiger partial charge in [-0.1, -0.05) is 11.6 Å². The maximum Gasteiger partial charge on any atom is 0.258 e. The monoisotopic (exact) mass is 331 g/mol. The van der Waals surface area contributed by atoms with Gasteiger partial charge in [0.15, 0.2) is 6.61 Å². The Kier molecular flexibility index (Phi) is 4.51. The topological polar surface area (TPSA) is 38.3 Å². The van der Waals surface area contributed by atoms with Crippen LogP contribution in [0.5, 0.6) is 5.75 Å². The Bertz CT molecular complexity index is 449. The third kappa shape index (κ3) is 3.89. The van der Waals surface area contributed by atoms with Crippen molar-refractivity contribution in [3.63, 3.8) is 0 Å². The van der Waals surface area contributed by atoms with Crippen molar-refractivity contribution < 1.29 is 9.53 Å². The number of halogens is 2. The van der Waals surface area contributed by atoms with Crippen molar-refractivity contribution >= 4 is 33.4 Å². The third-order valence-corrected chi connectivity index (χ3v) is 3.83. The molecule has 1 saturated carbocycles. The highest BCUT2D eigenvalue weighted by Gasteiger charge is 2.28. The Balaban J connectivity index is 1.81. The summed E-state index contributed by atoms with van der Waals surface area (Å²) in [5.41, 5.74) is 0. The Morgan fingerprint density at radius 1 is 1.61 bits per heavy atom. The van der Waals surface area contributed by atoms with Crippen LogP contribution in [0.4, 0.5) is 0 Å². The summed E-state index contributed by atoms with van der Waals surface area (Å²) in [4.78, 5) is 11.7. The molecular formula is C13H15BrClNO2. The standard InChI is InChI=1S/C13H15BrClNO2/c1-8(9-2-3-9)16-13(17)7-18-12-5-4-10(15)6-11(12)14/h4-6,8-9H,2-3,7H2,1H3,(H,16,17)/t8-/m0/s1. The fraction of sp³-hybridized carbons (Fsp3) is 0.462. The highest BCUT2D eigenvalue weighted by atomic mass is 79.9. The van der Waals surface area contributed by atoms with Gasteiger partial charge in [0.05, 0.1) is 4.47 Å². The molecule has 0 heterocycles. The summed E-state index contributed by atoms with van der Waals surface area (Å²) >= 11 is 9.17. The first-order valence-electron chi connectivity index (χ1n) is 5.93. The van der Waals surface area contributed by atoms with Crippen LogP contribution in [0.25, 0.3) is 0 Å². The van der Waals surface area contributed by atoms with E-state index in [-0.39, 0.29) is 18.6 Å². The molecule has 1 amide bonds. The van der Waals surface area contributed by atoms with E-state index < -0.39 is 0 Å². The first-order chi connectivity index (χ1) is 8.56. The van der Waals surface area contributed by atoms with Crippen molar-refractivity contribution in [2.24, 2.45) is 5.92 Å². The highest BCUT2D eigenvalue weighted by Crippen LogP contribution is 2.32. The number of carbonyl (C=O) groups is 1. The van der Waals surface area contributed by atoms with E-state index in [9.17, 15) is 4.79 Å². The quantitative estimate of drug-likeness (QED) is 0.897. The number of nitrogens with one attached hydrogen (secondary N) is 1. The first kappa shape index (κ1) is 13.7. The molecule has 98 valence electrons. The molecule has 5 heteroatoms. The average molecular weight is 333 g/mol. The average Bonchev–Trinajstić information content (AvgIpc) is 3.11. The molecule has 1 aliphatic carbocycles. The predicted octanol–water partition coefficient (Wildman–Crippen LogP) is 3.40. The van der Waals surface area contributed by atoms with Gasteiger partial charge < -0.3 is 10.1 Å². The Morgan fingerprint density at radius 2 is 2.33 bits per heavy atom. The highest BCUT2D eigenvalue weighted by molar-refractivity contribution is 9.10. The molecular weight excluding hydrogens is 318 g/mol. The SMILES string of the molecule is C[C@H](NC(=O)COc1ccc(Cl)cc1Br)C1CC1. The molecule has 0 radical (unpaired) electrons. The second-order valence-corrected chi connectivity index (χ2v) is 5.85. The van der Waals surface area contributed by atoms with Crippen LogP contribution < -0.4 is 10.1 Å². The zero-order chi connectivity index (χ0) is 13.1. The number of hydrogen-bond acceptors (Lipinski definition) is 2. The van der Waals surface area contributed by atoms with E-state index >= 15 is 0 Å². The van der Waals surface area contributed by atoms with Crippen LogP contribution in [0.2, 0.25) is 5.02 Å². The summed E-state index contributed by atoms with van der Waals surface area (Å²) in [6.07, 6.45) is 2.43. The molecule has 1 aromatic carbocycles. The Morgan fingerprint density at radius 3 is 2.94 bits per heavy atom. The number of rotatable bonds is 5. The molecule has 1 aliphatic rings. The minimum atomic E-state index is -0.0868. The van der Waals surface area contributed by atoms with Gasteiger partial charge >= 0.3 is 0 Å². The van der Waals surface area contributed by atoms with Gasteiger partial charge in [-0.25, -0.2) is 0 Å². The molecule has 3 nitrogen and oxygen atoms in total. The first-order valence-corrected chi connectivity index (χ1v) is 7.10. The van der Waals surface area contributed by atoms with Crippen LogP contribution in [0, 0.1) is 5.92 Å². The zero-order valence-electron chi connectivity index (χ0n) is 10.1. The van der Waals surface area contributed by atoms with Crippen LogP contribution >= 0.6 is 27.5 Å². The fourth-order valence-corrected chi connectivity index (χ4v) is 2.54. The number of carbonyl (C=O) groups excluding carboxylic acids is 1. The summed E-state index contributed by atoms with van der Waals surface area (Å²) in [5.74, 6) is 1.18. The van der Waals surface area contributed by atoms with Gasteiger partial charge in [-0.05, 0) is 59.8 Å². The molecule has 0 spiro atoms. The summed E-state index contributed by atoms with van der Waals surface area (Å²) in [6.45, 7) is 2.06. The van der Waals surface area contributed by atoms with Crippen molar-refractivity contribution in [2.75, 3.05) is 6.61 Å². The molecule has 0 aliphatic heterocycles. The molecule has 1 fully saturated rings. The lowest BCUT2D eigenvalue weighted by Gasteiger charge is -2.13. The maximum atomic E-state index is 11.7. The van der Waals surface area contributed by atoms with Crippen LogP contribution in [0.3, 0.4) is 0 Å². The van der Waals surface area contributed by atoms with Crippen LogP contribution in [0.15, 0.2) is 22.7 Å². The normalized spacial score (nSPS) is 16.2. The number of benzene rings is 1. The van der Waals surface area contributed by atoms with Gasteiger partial charge in [0.2, 0.25) is 0 Å². The van der Waals surface area contributed by atoms with Gasteiger partial charge in [-0.15, -0.1) is 0 Å². The molecule has 1 aromatic rings. The summed E-state index contributed by atoms with van der Waals surface area (Å²) in [5, 5.41) is 3.56. The third-order valence-electron chi connectivity index (χ3n) is 2.97. The number of hydrogen-bond donors (Lipinski definition) is 1. The van der Waals surface area contributed by atoms with E-state index in [1.54, 1.807) is 18.2 Å². The predicted molar refractivity (Wildman–Crippen MR) is 75.0 cm³/mol. The van der Waals surface area contributed by atoms with Gasteiger partial charge in [0.25, 0.3) is 5.91 Å². The van der Waals surface area contributed by atoms with Gasteiger partial charge in [0.1, 0.15) is 5.75 Å². The van der Waals surface area contributed by atoms with E-state index in [1.807, 2.05) is 6.92 Å². The van der Waals surface area contributed by atoms with Crippen LogP contribution in [0.1, 0.15) is 19.8 Å². The van der Waals surface area contributed by atoms with Gasteiger partial charge in [0, 0.05) is 11.1 Å². The molecule has 0 aromatic heterocycles. The van der Waals surface area contributed by atoms with Crippen molar-refractivity contribution in [1.82, 2.24) is 5.32 Å². The van der Waals surface area contributed by atoms with Crippen molar-refractivity contribution in [1.29, 1.82) is 0 Å². The smallest absolute Gasteiger partial charge is 0.258 e. The molecule has 2 rings (SSSR count). The zero-order valence-corrected chi connectivity index (χ0v) is 12.4. The molecule has 0 saturated heterocycles. The van der Waals surface area contributed by atoms with Crippen molar-refractivity contribution in [3.05, 3.63) is 27.7 Å². The lowest BCUT2D eigenvalue weighted by atomic mass is 10.2. The summed E-state index contributed by atoms with van der Waals surface area (Å²) in [6, 6.07) is 5.45. The van der Waals surface area contributed by atoms with E-state index in [2.05, 4.69) is 21.2 Å².